The Bertz CT molecular complexity index is 777. The van der Waals surface area contributed by atoms with Gasteiger partial charge in [0.15, 0.2) is 17.2 Å². The molecule has 1 N–H and O–H groups in total. The molecule has 0 unspecified atom stereocenters. The Morgan fingerprint density at radius 2 is 2.00 bits per heavy atom. The first kappa shape index (κ1) is 15.3. The van der Waals surface area contributed by atoms with Crippen molar-refractivity contribution >= 4 is 5.97 Å². The van der Waals surface area contributed by atoms with E-state index in [1.807, 2.05) is 0 Å². The van der Waals surface area contributed by atoms with Crippen LogP contribution in [0.2, 0.25) is 0 Å². The van der Waals surface area contributed by atoms with E-state index in [0.29, 0.717) is 41.5 Å². The number of aromatic carboxylic acids is 1. The molecule has 1 aliphatic rings. The number of rotatable bonds is 3. The monoisotopic (exact) mass is 320 g/mol. The number of hydrogen-bond donors (Lipinski definition) is 1. The molecule has 0 saturated heterocycles. The van der Waals surface area contributed by atoms with E-state index < -0.39 is 11.6 Å². The SMILES string of the molecule is Cn1nc(C(=O)O)cc1-c1cc(C(C)(C)F)cc2c1OCCO2. The lowest BCUT2D eigenvalue weighted by Gasteiger charge is -2.24. The Balaban J connectivity index is 2.23. The van der Waals surface area contributed by atoms with Crippen LogP contribution in [-0.2, 0) is 12.7 Å². The van der Waals surface area contributed by atoms with E-state index in [1.54, 1.807) is 19.2 Å². The van der Waals surface area contributed by atoms with Crippen LogP contribution >= 0.6 is 0 Å². The fraction of sp³-hybridized carbons (Fsp3) is 0.375. The standard InChI is InChI=1S/C16H17FN2O4/c1-16(2,17)9-6-10(14-13(7-9)22-4-5-23-14)12-8-11(15(20)21)18-19(12)3/h6-8H,4-5H2,1-3H3,(H,20,21). The smallest absolute Gasteiger partial charge is 0.356 e. The van der Waals surface area contributed by atoms with Crippen LogP contribution in [0.3, 0.4) is 0 Å². The fourth-order valence-electron chi connectivity index (χ4n) is 2.51. The van der Waals surface area contributed by atoms with Crippen molar-refractivity contribution < 1.29 is 23.8 Å². The van der Waals surface area contributed by atoms with Crippen LogP contribution in [0.5, 0.6) is 11.5 Å². The van der Waals surface area contributed by atoms with Gasteiger partial charge in [0.05, 0.1) is 5.69 Å². The van der Waals surface area contributed by atoms with Gasteiger partial charge in [-0.1, -0.05) is 0 Å². The largest absolute Gasteiger partial charge is 0.486 e. The topological polar surface area (TPSA) is 73.6 Å². The molecule has 0 saturated carbocycles. The van der Waals surface area contributed by atoms with Crippen molar-refractivity contribution in [2.45, 2.75) is 19.5 Å². The number of alkyl halides is 1. The average molecular weight is 320 g/mol. The van der Waals surface area contributed by atoms with E-state index in [1.165, 1.54) is 24.6 Å². The van der Waals surface area contributed by atoms with Gasteiger partial charge in [-0.15, -0.1) is 0 Å². The second kappa shape index (κ2) is 5.26. The van der Waals surface area contributed by atoms with Gasteiger partial charge < -0.3 is 14.6 Å². The molecule has 0 spiro atoms. The lowest BCUT2D eigenvalue weighted by molar-refractivity contribution is 0.0689. The minimum atomic E-state index is -1.57. The first-order valence-electron chi connectivity index (χ1n) is 7.18. The first-order valence-corrected chi connectivity index (χ1v) is 7.18. The van der Waals surface area contributed by atoms with Crippen molar-refractivity contribution in [1.29, 1.82) is 0 Å². The van der Waals surface area contributed by atoms with Gasteiger partial charge in [0.25, 0.3) is 0 Å². The molecular weight excluding hydrogens is 303 g/mol. The first-order chi connectivity index (χ1) is 10.8. The van der Waals surface area contributed by atoms with Crippen molar-refractivity contribution in [3.8, 4) is 22.8 Å². The molecule has 2 heterocycles. The molecule has 3 rings (SSSR count). The lowest BCUT2D eigenvalue weighted by Crippen LogP contribution is -2.18. The highest BCUT2D eigenvalue weighted by Gasteiger charge is 2.27. The van der Waals surface area contributed by atoms with Crippen LogP contribution in [0.4, 0.5) is 4.39 Å². The third-order valence-corrected chi connectivity index (χ3v) is 3.70. The third kappa shape index (κ3) is 2.74. The van der Waals surface area contributed by atoms with E-state index in [4.69, 9.17) is 14.6 Å². The molecule has 0 amide bonds. The summed E-state index contributed by atoms with van der Waals surface area (Å²) in [7, 11) is 1.63. The fourth-order valence-corrected chi connectivity index (χ4v) is 2.51. The number of benzene rings is 1. The molecule has 2 aromatic rings. The minimum absolute atomic E-state index is 0.0853. The molecule has 6 nitrogen and oxygen atoms in total. The zero-order valence-corrected chi connectivity index (χ0v) is 13.1. The number of carboxylic acids is 1. The van der Waals surface area contributed by atoms with Gasteiger partial charge in [0, 0.05) is 12.6 Å². The quantitative estimate of drug-likeness (QED) is 0.941. The third-order valence-electron chi connectivity index (χ3n) is 3.70. The van der Waals surface area contributed by atoms with Gasteiger partial charge in [0.2, 0.25) is 0 Å². The zero-order valence-electron chi connectivity index (χ0n) is 13.1. The second-order valence-electron chi connectivity index (χ2n) is 5.86. The number of fused-ring (bicyclic) bond motifs is 1. The summed E-state index contributed by atoms with van der Waals surface area (Å²) in [6.45, 7) is 3.67. The highest BCUT2D eigenvalue weighted by Crippen LogP contribution is 2.43. The predicted octanol–water partition coefficient (Wildman–Crippen LogP) is 2.76. The van der Waals surface area contributed by atoms with Gasteiger partial charge >= 0.3 is 5.97 Å². The number of aryl methyl sites for hydroxylation is 1. The molecule has 23 heavy (non-hydrogen) atoms. The van der Waals surface area contributed by atoms with Crippen LogP contribution in [0.1, 0.15) is 29.9 Å². The maximum absolute atomic E-state index is 14.4. The zero-order chi connectivity index (χ0) is 16.8. The van der Waals surface area contributed by atoms with Crippen LogP contribution < -0.4 is 9.47 Å². The summed E-state index contributed by atoms with van der Waals surface area (Å²) in [5.41, 5.74) is -0.146. The molecule has 0 fully saturated rings. The number of aromatic nitrogens is 2. The highest BCUT2D eigenvalue weighted by molar-refractivity contribution is 5.87. The Hall–Kier alpha value is -2.57. The maximum atomic E-state index is 14.4. The number of nitrogens with zero attached hydrogens (tertiary/aromatic N) is 2. The van der Waals surface area contributed by atoms with Crippen LogP contribution in [0.15, 0.2) is 18.2 Å². The molecule has 1 aromatic heterocycles. The van der Waals surface area contributed by atoms with E-state index in [0.717, 1.165) is 0 Å². The molecule has 122 valence electrons. The molecule has 0 atom stereocenters. The summed E-state index contributed by atoms with van der Waals surface area (Å²) in [6.07, 6.45) is 0. The van der Waals surface area contributed by atoms with Crippen molar-refractivity contribution in [3.05, 3.63) is 29.5 Å². The Morgan fingerprint density at radius 1 is 1.30 bits per heavy atom. The van der Waals surface area contributed by atoms with Gasteiger partial charge in [-0.05, 0) is 37.6 Å². The predicted molar refractivity (Wildman–Crippen MR) is 80.7 cm³/mol. The Labute approximate surface area is 132 Å². The Kier molecular flexibility index (Phi) is 3.50. The van der Waals surface area contributed by atoms with Gasteiger partial charge in [-0.2, -0.15) is 5.10 Å². The van der Waals surface area contributed by atoms with E-state index >= 15 is 0 Å². The summed E-state index contributed by atoms with van der Waals surface area (Å²) in [4.78, 5) is 11.1. The van der Waals surface area contributed by atoms with E-state index in [-0.39, 0.29) is 5.69 Å². The van der Waals surface area contributed by atoms with Crippen LogP contribution in [0.25, 0.3) is 11.3 Å². The number of carbonyl (C=O) groups is 1. The summed E-state index contributed by atoms with van der Waals surface area (Å²) in [6, 6.07) is 4.70. The maximum Gasteiger partial charge on any atom is 0.356 e. The number of hydrogen-bond acceptors (Lipinski definition) is 4. The summed E-state index contributed by atoms with van der Waals surface area (Å²) in [5.74, 6) is -0.198. The van der Waals surface area contributed by atoms with Crippen LogP contribution in [-0.4, -0.2) is 34.1 Å². The molecule has 0 bridgehead atoms. The molecule has 0 radical (unpaired) electrons. The number of halogens is 1. The summed E-state index contributed by atoms with van der Waals surface area (Å²) in [5, 5.41) is 13.1. The molecule has 1 aliphatic heterocycles. The molecule has 0 aliphatic carbocycles. The molecule has 1 aromatic carbocycles. The normalized spacial score (nSPS) is 13.9. The van der Waals surface area contributed by atoms with E-state index in [2.05, 4.69) is 5.10 Å². The molecule has 7 heteroatoms. The van der Waals surface area contributed by atoms with Gasteiger partial charge in [-0.3, -0.25) is 4.68 Å². The highest BCUT2D eigenvalue weighted by atomic mass is 19.1. The van der Waals surface area contributed by atoms with Crippen molar-refractivity contribution in [1.82, 2.24) is 9.78 Å². The van der Waals surface area contributed by atoms with Crippen molar-refractivity contribution in [2.24, 2.45) is 7.05 Å². The van der Waals surface area contributed by atoms with Gasteiger partial charge in [0.1, 0.15) is 18.9 Å². The van der Waals surface area contributed by atoms with Crippen LogP contribution in [0, 0.1) is 0 Å². The summed E-state index contributed by atoms with van der Waals surface area (Å²) < 4.78 is 27.1. The van der Waals surface area contributed by atoms with Gasteiger partial charge in [-0.25, -0.2) is 9.18 Å². The number of carboxylic acid groups (broad SMARTS) is 1. The lowest BCUT2D eigenvalue weighted by atomic mass is 9.95. The van der Waals surface area contributed by atoms with Crippen molar-refractivity contribution in [3.63, 3.8) is 0 Å². The molecular formula is C16H17FN2O4. The second-order valence-corrected chi connectivity index (χ2v) is 5.86. The van der Waals surface area contributed by atoms with Crippen molar-refractivity contribution in [2.75, 3.05) is 13.2 Å². The average Bonchev–Trinajstić information content (AvgIpc) is 2.87. The number of ether oxygens (including phenoxy) is 2. The summed E-state index contributed by atoms with van der Waals surface area (Å²) >= 11 is 0. The Morgan fingerprint density at radius 3 is 2.61 bits per heavy atom. The minimum Gasteiger partial charge on any atom is -0.486 e. The van der Waals surface area contributed by atoms with E-state index in [9.17, 15) is 9.18 Å².